The first kappa shape index (κ1) is 19.8. The molecule has 1 aliphatic rings. The predicted molar refractivity (Wildman–Crippen MR) is 108 cm³/mol. The maximum Gasteiger partial charge on any atom is 0.251 e. The zero-order chi connectivity index (χ0) is 20.1. The molecule has 0 radical (unpaired) electrons. The molecule has 8 heteroatoms. The van der Waals surface area contributed by atoms with E-state index in [0.717, 1.165) is 6.26 Å². The number of nitrogens with one attached hydrogen (secondary N) is 1. The van der Waals surface area contributed by atoms with Crippen LogP contribution in [0, 0.1) is 0 Å². The predicted octanol–water partition coefficient (Wildman–Crippen LogP) is 2.21. The van der Waals surface area contributed by atoms with Crippen molar-refractivity contribution < 1.29 is 22.7 Å². The number of ether oxygens (including phenoxy) is 2. The lowest BCUT2D eigenvalue weighted by atomic mass is 10.2. The molecule has 1 N–H and O–H groups in total. The summed E-state index contributed by atoms with van der Waals surface area (Å²) in [6, 6.07) is 13.7. The van der Waals surface area contributed by atoms with Crippen molar-refractivity contribution in [2.45, 2.75) is 6.10 Å². The second-order valence-corrected chi connectivity index (χ2v) is 8.24. The molecule has 0 bridgehead atoms. The van der Waals surface area contributed by atoms with E-state index >= 15 is 0 Å². The number of carbonyl (C=O) groups is 1. The third kappa shape index (κ3) is 4.64. The number of carbonyl (C=O) groups excluding carboxylic acids is 1. The molecule has 7 nitrogen and oxygen atoms in total. The van der Waals surface area contributed by atoms with E-state index in [1.54, 1.807) is 24.3 Å². The van der Waals surface area contributed by atoms with Crippen LogP contribution in [0.2, 0.25) is 0 Å². The second-order valence-electron chi connectivity index (χ2n) is 6.34. The molecular weight excluding hydrogens is 380 g/mol. The minimum absolute atomic E-state index is 0.158. The van der Waals surface area contributed by atoms with Crippen LogP contribution in [-0.2, 0) is 10.0 Å². The van der Waals surface area contributed by atoms with Crippen LogP contribution < -0.4 is 19.1 Å². The van der Waals surface area contributed by atoms with Crippen molar-refractivity contribution in [1.82, 2.24) is 5.32 Å². The first-order valence-corrected chi connectivity index (χ1v) is 10.6. The number of nitrogens with zero attached hydrogens (tertiary/aromatic N) is 1. The summed E-state index contributed by atoms with van der Waals surface area (Å²) in [4.78, 5) is 12.4. The number of rotatable bonds is 7. The minimum atomic E-state index is -3.43. The van der Waals surface area contributed by atoms with E-state index in [1.165, 1.54) is 10.4 Å². The molecule has 0 saturated carbocycles. The third-order valence-corrected chi connectivity index (χ3v) is 5.33. The van der Waals surface area contributed by atoms with E-state index in [0.29, 0.717) is 35.9 Å². The molecular formula is C20H22N2O5S. The fraction of sp³-hybridized carbons (Fsp3) is 0.250. The van der Waals surface area contributed by atoms with Crippen LogP contribution in [0.25, 0.3) is 0 Å². The molecule has 3 rings (SSSR count). The number of para-hydroxylation sites is 2. The van der Waals surface area contributed by atoms with Crippen molar-refractivity contribution in [3.05, 3.63) is 66.7 Å². The monoisotopic (exact) mass is 402 g/mol. The largest absolute Gasteiger partial charge is 0.486 e. The Morgan fingerprint density at radius 1 is 1.21 bits per heavy atom. The van der Waals surface area contributed by atoms with E-state index in [1.807, 2.05) is 24.3 Å². The molecule has 0 aliphatic carbocycles. The van der Waals surface area contributed by atoms with Gasteiger partial charge in [-0.05, 0) is 36.4 Å². The van der Waals surface area contributed by atoms with Crippen molar-refractivity contribution in [3.63, 3.8) is 0 Å². The number of amides is 1. The number of benzene rings is 2. The third-order valence-electron chi connectivity index (χ3n) is 4.17. The quantitative estimate of drug-likeness (QED) is 0.718. The Morgan fingerprint density at radius 2 is 1.89 bits per heavy atom. The topological polar surface area (TPSA) is 84.9 Å². The molecule has 0 aromatic heterocycles. The van der Waals surface area contributed by atoms with Gasteiger partial charge in [-0.2, -0.15) is 0 Å². The highest BCUT2D eigenvalue weighted by atomic mass is 32.2. The van der Waals surface area contributed by atoms with Crippen LogP contribution in [0.15, 0.2) is 61.2 Å². The molecule has 2 aromatic rings. The SMILES string of the molecule is C=CCN(c1ccc(C(=O)NCC2COc3ccccc3O2)cc1)S(C)(=O)=O. The van der Waals surface area contributed by atoms with Gasteiger partial charge in [0, 0.05) is 5.56 Å². The fourth-order valence-corrected chi connectivity index (χ4v) is 3.68. The van der Waals surface area contributed by atoms with E-state index in [9.17, 15) is 13.2 Å². The summed E-state index contributed by atoms with van der Waals surface area (Å²) in [6.07, 6.45) is 2.35. The molecule has 0 saturated heterocycles. The van der Waals surface area contributed by atoms with Gasteiger partial charge in [0.1, 0.15) is 12.7 Å². The maximum atomic E-state index is 12.4. The molecule has 2 aromatic carbocycles. The van der Waals surface area contributed by atoms with Crippen LogP contribution in [0.4, 0.5) is 5.69 Å². The van der Waals surface area contributed by atoms with Gasteiger partial charge in [0.15, 0.2) is 11.5 Å². The smallest absolute Gasteiger partial charge is 0.251 e. The first-order valence-electron chi connectivity index (χ1n) is 8.74. The lowest BCUT2D eigenvalue weighted by Crippen LogP contribution is -2.40. The van der Waals surface area contributed by atoms with Crippen LogP contribution in [0.5, 0.6) is 11.5 Å². The number of fused-ring (bicyclic) bond motifs is 1. The van der Waals surface area contributed by atoms with Crippen molar-refractivity contribution in [2.75, 3.05) is 30.3 Å². The van der Waals surface area contributed by atoms with Gasteiger partial charge in [0.2, 0.25) is 10.0 Å². The van der Waals surface area contributed by atoms with Crippen LogP contribution in [0.3, 0.4) is 0 Å². The summed E-state index contributed by atoms with van der Waals surface area (Å²) in [7, 11) is -3.43. The Labute approximate surface area is 164 Å². The van der Waals surface area contributed by atoms with Gasteiger partial charge in [-0.3, -0.25) is 9.10 Å². The Balaban J connectivity index is 1.60. The molecule has 148 valence electrons. The van der Waals surface area contributed by atoms with Gasteiger partial charge in [-0.1, -0.05) is 18.2 Å². The summed E-state index contributed by atoms with van der Waals surface area (Å²) in [6.45, 7) is 4.37. The molecule has 1 heterocycles. The molecule has 0 fully saturated rings. The van der Waals surface area contributed by atoms with Gasteiger partial charge >= 0.3 is 0 Å². The lowest BCUT2D eigenvalue weighted by molar-refractivity contribution is 0.0789. The molecule has 28 heavy (non-hydrogen) atoms. The highest BCUT2D eigenvalue weighted by Crippen LogP contribution is 2.30. The number of sulfonamides is 1. The highest BCUT2D eigenvalue weighted by molar-refractivity contribution is 7.92. The zero-order valence-electron chi connectivity index (χ0n) is 15.5. The molecule has 0 spiro atoms. The summed E-state index contributed by atoms with van der Waals surface area (Å²) in [5.74, 6) is 1.07. The van der Waals surface area contributed by atoms with Gasteiger partial charge in [-0.25, -0.2) is 8.42 Å². The highest BCUT2D eigenvalue weighted by Gasteiger charge is 2.21. The van der Waals surface area contributed by atoms with E-state index < -0.39 is 10.0 Å². The van der Waals surface area contributed by atoms with E-state index in [-0.39, 0.29) is 18.6 Å². The fourth-order valence-electron chi connectivity index (χ4n) is 2.80. The van der Waals surface area contributed by atoms with Crippen LogP contribution in [0.1, 0.15) is 10.4 Å². The van der Waals surface area contributed by atoms with Crippen molar-refractivity contribution in [3.8, 4) is 11.5 Å². The average molecular weight is 402 g/mol. The van der Waals surface area contributed by atoms with E-state index in [4.69, 9.17) is 9.47 Å². The summed E-state index contributed by atoms with van der Waals surface area (Å²) in [5, 5.41) is 2.81. The van der Waals surface area contributed by atoms with Crippen molar-refractivity contribution in [1.29, 1.82) is 0 Å². The summed E-state index contributed by atoms with van der Waals surface area (Å²) in [5.41, 5.74) is 0.896. The number of anilines is 1. The molecule has 1 amide bonds. The van der Waals surface area contributed by atoms with Gasteiger partial charge in [-0.15, -0.1) is 6.58 Å². The number of hydrogen-bond acceptors (Lipinski definition) is 5. The summed E-state index contributed by atoms with van der Waals surface area (Å²) < 4.78 is 36.4. The average Bonchev–Trinajstić information content (AvgIpc) is 2.69. The Kier molecular flexibility index (Phi) is 5.89. The second kappa shape index (κ2) is 8.35. The maximum absolute atomic E-state index is 12.4. The van der Waals surface area contributed by atoms with Gasteiger partial charge in [0.05, 0.1) is 25.0 Å². The first-order chi connectivity index (χ1) is 13.4. The minimum Gasteiger partial charge on any atom is -0.486 e. The van der Waals surface area contributed by atoms with Crippen molar-refractivity contribution >= 4 is 21.6 Å². The molecule has 1 aliphatic heterocycles. The lowest BCUT2D eigenvalue weighted by Gasteiger charge is -2.26. The van der Waals surface area contributed by atoms with Crippen LogP contribution >= 0.6 is 0 Å². The molecule has 1 atom stereocenters. The normalized spacial score (nSPS) is 15.5. The van der Waals surface area contributed by atoms with E-state index in [2.05, 4.69) is 11.9 Å². The Bertz CT molecular complexity index is 957. The molecule has 1 unspecified atom stereocenters. The van der Waals surface area contributed by atoms with Crippen LogP contribution in [-0.4, -0.2) is 46.4 Å². The van der Waals surface area contributed by atoms with Crippen molar-refractivity contribution in [2.24, 2.45) is 0 Å². The zero-order valence-corrected chi connectivity index (χ0v) is 16.3. The summed E-state index contributed by atoms with van der Waals surface area (Å²) >= 11 is 0. The van der Waals surface area contributed by atoms with Gasteiger partial charge < -0.3 is 14.8 Å². The Morgan fingerprint density at radius 3 is 2.54 bits per heavy atom. The Hall–Kier alpha value is -3.00. The number of hydrogen-bond donors (Lipinski definition) is 1. The standard InChI is InChI=1S/C20H22N2O5S/c1-3-12-22(28(2,24)25)16-10-8-15(9-11-16)20(23)21-13-17-14-26-18-6-4-5-7-19(18)27-17/h3-11,17H,1,12-14H2,2H3,(H,21,23). The van der Waals surface area contributed by atoms with Gasteiger partial charge in [0.25, 0.3) is 5.91 Å².